The second kappa shape index (κ2) is 20.7. The topological polar surface area (TPSA) is 188 Å². The first-order valence-electron chi connectivity index (χ1n) is 20.1. The number of carbonyl (C=O) groups excluding carboxylic acids is 1. The number of aliphatic hydroxyl groups is 2. The van der Waals surface area contributed by atoms with Gasteiger partial charge in [-0.2, -0.15) is 11.8 Å². The first-order valence-corrected chi connectivity index (χ1v) is 21.1. The minimum absolute atomic E-state index is 0.00382. The number of carbonyl (C=O) groups is 1. The number of hydrogen-bond acceptors (Lipinski definition) is 13. The highest BCUT2D eigenvalue weighted by molar-refractivity contribution is 8.00. The van der Waals surface area contributed by atoms with Crippen molar-refractivity contribution in [1.82, 2.24) is 15.3 Å². The van der Waals surface area contributed by atoms with Gasteiger partial charge in [0.05, 0.1) is 34.1 Å². The molecule has 0 bridgehead atoms. The van der Waals surface area contributed by atoms with Gasteiger partial charge in [-0.15, -0.1) is 6.58 Å². The molecule has 3 aromatic rings. The van der Waals surface area contributed by atoms with Crippen molar-refractivity contribution in [1.29, 1.82) is 0 Å². The number of hydrogen-bond donors (Lipinski definition) is 3. The maximum Gasteiger partial charge on any atom is 0.412 e. The normalized spacial score (nSPS) is 23.8. The summed E-state index contributed by atoms with van der Waals surface area (Å²) in [5.41, 5.74) is 4.21. The van der Waals surface area contributed by atoms with Gasteiger partial charge in [0.2, 0.25) is 5.79 Å². The number of unbranched alkanes of at least 4 members (excludes halogenated alkanes) is 2. The van der Waals surface area contributed by atoms with Gasteiger partial charge in [-0.3, -0.25) is 20.1 Å². The maximum absolute atomic E-state index is 12.7. The van der Waals surface area contributed by atoms with E-state index in [1.807, 2.05) is 19.1 Å². The summed E-state index contributed by atoms with van der Waals surface area (Å²) < 4.78 is 19.9. The van der Waals surface area contributed by atoms with Gasteiger partial charge in [-0.25, -0.2) is 4.79 Å². The van der Waals surface area contributed by atoms with Crippen LogP contribution in [0.4, 0.5) is 10.5 Å². The molecular weight excluding hydrogens is 763 g/mol. The standard InChI is InChI=1S/C43H53N5O9S/c1-3-22-54-43-39(58-23-17-31-27-44-18-19-46-31)26-37(47-55-28-29-11-13-32(14-12-29)48(52)53)35-24-30(9-5-7-20-49)34(10-6-8-21-50)40(41(35)43)36-25-33(15-16-38(36)57-43)56-42(51)45-4-2/h3,11-16,18-19,24-25,27,30,34,39-41,49-50H,1,4-10,17,20-23,26,28H2,2H3,(H,45,51)/t30-,34+,39-,40+,41+,43+/m0/s1. The van der Waals surface area contributed by atoms with Crippen molar-refractivity contribution < 1.29 is 39.0 Å². The van der Waals surface area contributed by atoms with E-state index in [1.54, 1.807) is 54.6 Å². The number of fused-ring (bicyclic) bond motifs is 2. The number of ether oxygens (including phenoxy) is 3. The Morgan fingerprint density at radius 3 is 2.64 bits per heavy atom. The number of thioether (sulfide) groups is 1. The van der Waals surface area contributed by atoms with Crippen LogP contribution in [0.25, 0.3) is 0 Å². The van der Waals surface area contributed by atoms with Crippen molar-refractivity contribution in [3.8, 4) is 11.5 Å². The minimum Gasteiger partial charge on any atom is -0.460 e. The Morgan fingerprint density at radius 2 is 1.93 bits per heavy atom. The molecule has 0 radical (unpaired) electrons. The average molecular weight is 816 g/mol. The molecule has 3 N–H and O–H groups in total. The number of aryl methyl sites for hydroxylation is 1. The van der Waals surface area contributed by atoms with E-state index < -0.39 is 16.8 Å². The zero-order valence-corrected chi connectivity index (χ0v) is 33.7. The molecule has 2 aliphatic carbocycles. The molecule has 1 aliphatic heterocycles. The number of non-ortho nitro benzene ring substituents is 1. The molecule has 14 nitrogen and oxygen atoms in total. The average Bonchev–Trinajstić information content (AvgIpc) is 3.23. The predicted molar refractivity (Wildman–Crippen MR) is 221 cm³/mol. The lowest BCUT2D eigenvalue weighted by Gasteiger charge is -2.58. The summed E-state index contributed by atoms with van der Waals surface area (Å²) >= 11 is 1.72. The van der Waals surface area contributed by atoms with Crippen LogP contribution >= 0.6 is 11.8 Å². The van der Waals surface area contributed by atoms with Gasteiger partial charge in [-0.1, -0.05) is 30.1 Å². The largest absolute Gasteiger partial charge is 0.460 e. The summed E-state index contributed by atoms with van der Waals surface area (Å²) in [6.45, 7) is 6.75. The van der Waals surface area contributed by atoms with Crippen molar-refractivity contribution in [2.75, 3.05) is 32.1 Å². The first kappa shape index (κ1) is 42.8. The third-order valence-electron chi connectivity index (χ3n) is 11.0. The van der Waals surface area contributed by atoms with Gasteiger partial charge < -0.3 is 34.6 Å². The molecule has 0 spiro atoms. The third-order valence-corrected chi connectivity index (χ3v) is 12.3. The number of aromatic nitrogens is 2. The number of amides is 1. The maximum atomic E-state index is 12.7. The van der Waals surface area contributed by atoms with Crippen LogP contribution in [0.1, 0.15) is 74.6 Å². The van der Waals surface area contributed by atoms with Crippen LogP contribution in [-0.4, -0.2) is 80.1 Å². The summed E-state index contributed by atoms with van der Waals surface area (Å²) in [4.78, 5) is 38.3. The molecule has 1 fully saturated rings. The predicted octanol–water partition coefficient (Wildman–Crippen LogP) is 7.30. The number of rotatable bonds is 21. The van der Waals surface area contributed by atoms with E-state index in [0.717, 1.165) is 53.8 Å². The van der Waals surface area contributed by atoms with Crippen molar-refractivity contribution in [3.63, 3.8) is 0 Å². The third kappa shape index (κ3) is 10.1. The summed E-state index contributed by atoms with van der Waals surface area (Å²) in [5, 5.41) is 38.2. The highest BCUT2D eigenvalue weighted by atomic mass is 32.2. The van der Waals surface area contributed by atoms with Crippen molar-refractivity contribution in [2.45, 2.75) is 81.9 Å². The van der Waals surface area contributed by atoms with Gasteiger partial charge in [0, 0.05) is 74.8 Å². The number of nitrogens with zero attached hydrogens (tertiary/aromatic N) is 4. The van der Waals surface area contributed by atoms with Gasteiger partial charge in [-0.05, 0) is 91.7 Å². The summed E-state index contributed by atoms with van der Waals surface area (Å²) in [6.07, 6.45) is 14.3. The number of benzene rings is 2. The number of nitro groups is 1. The van der Waals surface area contributed by atoms with Crippen molar-refractivity contribution >= 4 is 29.3 Å². The first-order chi connectivity index (χ1) is 28.3. The lowest BCUT2D eigenvalue weighted by Crippen LogP contribution is -2.64. The van der Waals surface area contributed by atoms with Crippen LogP contribution in [0.3, 0.4) is 0 Å². The SMILES string of the molecule is C=CCO[C@@]12Oc3ccc(OC(=O)NCC)cc3[C@H]3[C@H](CCCCO)[C@@H](CCCCO)C=C(C(=NOCc4ccc([N+](=O)[O-])cc4)C[C@@H]1SCCc1cnccn1)[C@H]32. The molecule has 310 valence electrons. The molecule has 1 aromatic heterocycles. The van der Waals surface area contributed by atoms with Crippen LogP contribution in [0.2, 0.25) is 0 Å². The lowest BCUT2D eigenvalue weighted by atomic mass is 9.56. The number of nitro benzene ring substituents is 1. The van der Waals surface area contributed by atoms with Gasteiger partial charge >= 0.3 is 6.09 Å². The Bertz CT molecular complexity index is 1910. The number of allylic oxidation sites excluding steroid dienone is 1. The van der Waals surface area contributed by atoms with Crippen LogP contribution in [-0.2, 0) is 22.6 Å². The van der Waals surface area contributed by atoms with E-state index >= 15 is 0 Å². The second-order valence-electron chi connectivity index (χ2n) is 14.7. The van der Waals surface area contributed by atoms with E-state index in [1.165, 1.54) is 12.1 Å². The molecule has 1 amide bonds. The van der Waals surface area contributed by atoms with Crippen molar-refractivity contribution in [2.24, 2.45) is 22.9 Å². The highest BCUT2D eigenvalue weighted by Crippen LogP contribution is 2.62. The molecule has 58 heavy (non-hydrogen) atoms. The molecule has 2 aromatic carbocycles. The zero-order valence-electron chi connectivity index (χ0n) is 32.9. The van der Waals surface area contributed by atoms with Crippen LogP contribution in [0, 0.1) is 27.9 Å². The number of aliphatic hydroxyl groups excluding tert-OH is 2. The van der Waals surface area contributed by atoms with Gasteiger partial charge in [0.25, 0.3) is 5.69 Å². The van der Waals surface area contributed by atoms with Gasteiger partial charge in [0.1, 0.15) is 18.1 Å². The summed E-state index contributed by atoms with van der Waals surface area (Å²) in [5.74, 6) is 0.123. The van der Waals surface area contributed by atoms with Crippen LogP contribution in [0.5, 0.6) is 11.5 Å². The molecule has 15 heteroatoms. The fourth-order valence-electron chi connectivity index (χ4n) is 8.49. The highest BCUT2D eigenvalue weighted by Gasteiger charge is 2.64. The lowest BCUT2D eigenvalue weighted by molar-refractivity contribution is -0.384. The Labute approximate surface area is 343 Å². The molecule has 1 saturated carbocycles. The Kier molecular flexibility index (Phi) is 15.3. The molecule has 6 rings (SSSR count). The molecule has 0 saturated heterocycles. The molecule has 2 heterocycles. The van der Waals surface area contributed by atoms with E-state index in [0.29, 0.717) is 49.5 Å². The fourth-order valence-corrected chi connectivity index (χ4v) is 9.87. The van der Waals surface area contributed by atoms with E-state index in [-0.39, 0.29) is 61.0 Å². The molecular formula is C43H53N5O9S. The Hall–Kier alpha value is -4.83. The summed E-state index contributed by atoms with van der Waals surface area (Å²) in [6, 6.07) is 11.7. The Morgan fingerprint density at radius 1 is 1.14 bits per heavy atom. The van der Waals surface area contributed by atoms with Crippen molar-refractivity contribution in [3.05, 3.63) is 112 Å². The van der Waals surface area contributed by atoms with Crippen LogP contribution in [0.15, 0.2) is 90.5 Å². The van der Waals surface area contributed by atoms with E-state index in [2.05, 4.69) is 27.9 Å². The molecule has 0 unspecified atom stereocenters. The fraction of sp³-hybridized carbons (Fsp3) is 0.488. The smallest absolute Gasteiger partial charge is 0.412 e. The zero-order chi connectivity index (χ0) is 40.9. The van der Waals surface area contributed by atoms with E-state index in [9.17, 15) is 25.1 Å². The minimum atomic E-state index is -1.17. The second-order valence-corrected chi connectivity index (χ2v) is 16.0. The number of oxime groups is 1. The Balaban J connectivity index is 1.48. The quantitative estimate of drug-likeness (QED) is 0.0422. The number of nitrogens with one attached hydrogen (secondary N) is 1. The monoisotopic (exact) mass is 815 g/mol. The summed E-state index contributed by atoms with van der Waals surface area (Å²) in [7, 11) is 0. The molecule has 6 atom stereocenters. The molecule has 3 aliphatic rings. The van der Waals surface area contributed by atoms with Crippen LogP contribution < -0.4 is 14.8 Å². The van der Waals surface area contributed by atoms with Gasteiger partial charge in [0.15, 0.2) is 0 Å². The van der Waals surface area contributed by atoms with E-state index in [4.69, 9.17) is 24.2 Å².